The first-order valence-corrected chi connectivity index (χ1v) is 44.4. The molecule has 36 nitrogen and oxygen atoms in total. The molecular weight excluding hydrogens is 1650 g/mol. The van der Waals surface area contributed by atoms with Crippen molar-refractivity contribution in [2.24, 2.45) is 46.7 Å². The highest BCUT2D eigenvalue weighted by molar-refractivity contribution is 7.09. The summed E-state index contributed by atoms with van der Waals surface area (Å²) in [6.45, 7) is 18.2. The number of anilines is 2. The molecule has 1 aromatic heterocycles. The average molecular weight is 1780 g/mol. The third kappa shape index (κ3) is 37.6. The second-order valence-electron chi connectivity index (χ2n) is 33.2. The zero-order valence-electron chi connectivity index (χ0n) is 74.3. The number of carboxylic acids is 2. The molecule has 0 bridgehead atoms. The Morgan fingerprint density at radius 3 is 1.90 bits per heavy atom. The Kier molecular flexibility index (Phi) is 45.6. The van der Waals surface area contributed by atoms with E-state index in [1.165, 1.54) is 43.3 Å². The number of carbonyl (C=O) groups excluding carboxylic acids is 11. The van der Waals surface area contributed by atoms with E-state index in [9.17, 15) is 72.5 Å². The van der Waals surface area contributed by atoms with E-state index >= 15 is 0 Å². The van der Waals surface area contributed by atoms with Crippen LogP contribution in [0.5, 0.6) is 0 Å². The summed E-state index contributed by atoms with van der Waals surface area (Å²) in [6, 6.07) is 5.13. The molecule has 2 aliphatic carbocycles. The Balaban J connectivity index is 0.967. The number of benzene rings is 2. The van der Waals surface area contributed by atoms with E-state index in [4.69, 9.17) is 50.2 Å². The number of carbonyl (C=O) groups is 13. The third-order valence-corrected chi connectivity index (χ3v) is 23.0. The van der Waals surface area contributed by atoms with Crippen molar-refractivity contribution in [1.29, 1.82) is 0 Å². The minimum Gasteiger partial charge on any atom is -0.481 e. The number of urea groups is 1. The number of primary amides is 1. The van der Waals surface area contributed by atoms with Crippen LogP contribution in [-0.2, 0) is 94.2 Å². The van der Waals surface area contributed by atoms with Gasteiger partial charge in [-0.25, -0.2) is 24.4 Å². The Morgan fingerprint density at radius 2 is 1.31 bits per heavy atom. The molecule has 1 saturated heterocycles. The number of terminal acetylenes is 1. The predicted octanol–water partition coefficient (Wildman–Crippen LogP) is 7.93. The van der Waals surface area contributed by atoms with Crippen LogP contribution in [0.1, 0.15) is 204 Å². The van der Waals surface area contributed by atoms with Crippen LogP contribution >= 0.6 is 11.3 Å². The van der Waals surface area contributed by atoms with Crippen molar-refractivity contribution < 1.29 is 111 Å². The number of nitrogens with one attached hydrogen (secondary N) is 9. The number of unbranched alkanes of at least 4 members (excludes halogenated alkanes) is 1. The van der Waals surface area contributed by atoms with Crippen LogP contribution in [0.15, 0.2) is 53.9 Å². The zero-order chi connectivity index (χ0) is 92.3. The van der Waals surface area contributed by atoms with Crippen molar-refractivity contribution in [1.82, 2.24) is 52.2 Å². The van der Waals surface area contributed by atoms with Crippen molar-refractivity contribution in [3.8, 4) is 24.2 Å². The molecule has 2 fully saturated rings. The molecule has 2 heterocycles. The second kappa shape index (κ2) is 55.1. The number of nitrogens with two attached hydrogens (primary N) is 1. The lowest BCUT2D eigenvalue weighted by atomic mass is 9.84. The van der Waals surface area contributed by atoms with Crippen LogP contribution in [0, 0.1) is 65.1 Å². The maximum atomic E-state index is 15.0. The number of esters is 1. The van der Waals surface area contributed by atoms with Crippen LogP contribution in [-0.4, -0.2) is 238 Å². The molecule has 126 heavy (non-hydrogen) atoms. The minimum absolute atomic E-state index is 0.0173. The maximum absolute atomic E-state index is 15.0. The highest BCUT2D eigenvalue weighted by Gasteiger charge is 2.49. The predicted molar refractivity (Wildman–Crippen MR) is 467 cm³/mol. The van der Waals surface area contributed by atoms with E-state index in [2.05, 4.69) is 70.6 Å². The molecule has 6 rings (SSSR count). The van der Waals surface area contributed by atoms with Gasteiger partial charge >= 0.3 is 36.1 Å². The largest absolute Gasteiger partial charge is 0.481 e. The van der Waals surface area contributed by atoms with Gasteiger partial charge in [-0.15, -0.1) is 35.5 Å². The molecule has 0 spiro atoms. The number of rotatable bonds is 57. The lowest BCUT2D eigenvalue weighted by molar-refractivity contribution is -0.213. The zero-order valence-corrected chi connectivity index (χ0v) is 75.1. The summed E-state index contributed by atoms with van der Waals surface area (Å²) in [6.07, 6.45) is 10.1. The number of ether oxygens (including phenoxy) is 7. The molecule has 2 unspecified atom stereocenters. The number of thiazole rings is 1. The summed E-state index contributed by atoms with van der Waals surface area (Å²) in [5, 5.41) is 47.2. The van der Waals surface area contributed by atoms with Crippen molar-refractivity contribution in [3.05, 3.63) is 75.7 Å². The highest BCUT2D eigenvalue weighted by atomic mass is 32.1. The molecule has 3 aliphatic rings. The molecule has 0 radical (unpaired) electrons. The van der Waals surface area contributed by atoms with Crippen LogP contribution in [0.2, 0.25) is 0 Å². The highest BCUT2D eigenvalue weighted by Crippen LogP contribution is 2.52. The lowest BCUT2D eigenvalue weighted by Gasteiger charge is -2.39. The number of fused-ring (bicyclic) bond motifs is 1. The fraction of sp³-hybridized carbons (Fsp3) is 0.640. The number of alkyl carbamates (subject to hydrolysis) is 1. The van der Waals surface area contributed by atoms with E-state index in [0.717, 1.165) is 56.4 Å². The molecule has 11 atom stereocenters. The Morgan fingerprint density at radius 1 is 0.683 bits per heavy atom. The Labute approximate surface area is 742 Å². The number of amides is 11. The van der Waals surface area contributed by atoms with E-state index < -0.39 is 138 Å². The monoisotopic (exact) mass is 1780 g/mol. The summed E-state index contributed by atoms with van der Waals surface area (Å²) in [5.41, 5.74) is 5.68. The number of nitrogens with zero attached hydrogens (tertiary/aromatic N) is 3. The van der Waals surface area contributed by atoms with Crippen molar-refractivity contribution in [3.63, 3.8) is 0 Å². The lowest BCUT2D eigenvalue weighted by Crippen LogP contribution is -2.58. The normalized spacial score (nSPS) is 17.4. The van der Waals surface area contributed by atoms with E-state index in [1.807, 2.05) is 39.6 Å². The smallest absolute Gasteiger partial charge is 0.411 e. The van der Waals surface area contributed by atoms with Gasteiger partial charge in [0.15, 0.2) is 6.10 Å². The van der Waals surface area contributed by atoms with E-state index in [-0.39, 0.29) is 132 Å². The molecule has 1 saturated carbocycles. The first kappa shape index (κ1) is 104. The molecule has 13 N–H and O–H groups in total. The molecule has 696 valence electrons. The summed E-state index contributed by atoms with van der Waals surface area (Å²) in [5.74, 6) is 1.99. The van der Waals surface area contributed by atoms with Gasteiger partial charge in [0.1, 0.15) is 41.5 Å². The number of aromatic nitrogens is 1. The van der Waals surface area contributed by atoms with Crippen LogP contribution in [0.25, 0.3) is 0 Å². The standard InChI is InChI=1S/C89H131N13O23S/c1-12-14-21-41-124-102(84(112)77(58(7)13-2)100-81(110)71-26-19-20-40-101(71)11)72(56(3)4)51-73(125-59(8)103)83-98-70(55-126-83)80(109)94-64(52-89(9,10)85(113)114)50-60-27-31-63(32-28-60)95-88(117)122-53-61-29-33-62(34-30-61)93-78(107)68(25-22-38-91-86(90)115)97-82(111)76(57(5)6)99-79(108)69(35-36-75(105)106)96-74(104)37-42-118-44-46-120-48-49-121-47-45-119-43-39-92-87(116)123-54-67-65-23-17-15-16-18-24-66(65)67/h1,27-34,55-58,64-69,71-73,76-77H,13-14,17-26,35-54H2,2-11H3,(H,92,116)(H,93,107)(H,94,109)(H,95,117)(H,96,104)(H,97,111)(H,99,108)(H,100,110)(H,105,106)(H,113,114)(H3,90,91,115)/t58-,64-,65?,66?,67?,68-,69-,71+,72+,73+,76-,77-/m0/s1. The van der Waals surface area contributed by atoms with Crippen molar-refractivity contribution in [2.75, 3.05) is 103 Å². The van der Waals surface area contributed by atoms with Gasteiger partial charge in [0.25, 0.3) is 11.8 Å². The molecule has 2 aromatic carbocycles. The summed E-state index contributed by atoms with van der Waals surface area (Å²) in [7, 11) is 1.89. The van der Waals surface area contributed by atoms with Gasteiger partial charge in [-0.2, -0.15) is 0 Å². The number of hydroxylamine groups is 2. The number of likely N-dealkylation sites (tertiary alicyclic amines) is 1. The van der Waals surface area contributed by atoms with Gasteiger partial charge < -0.3 is 91.6 Å². The Hall–Kier alpha value is -10.5. The third-order valence-electron chi connectivity index (χ3n) is 22.1. The topological polar surface area (TPSA) is 490 Å². The minimum atomic E-state index is -1.39. The van der Waals surface area contributed by atoms with Gasteiger partial charge in [0, 0.05) is 81.3 Å². The van der Waals surface area contributed by atoms with Crippen molar-refractivity contribution in [2.45, 2.75) is 233 Å². The van der Waals surface area contributed by atoms with Crippen LogP contribution in [0.4, 0.5) is 25.8 Å². The number of aliphatic carboxylic acids is 2. The second-order valence-corrected chi connectivity index (χ2v) is 34.1. The van der Waals surface area contributed by atoms with Gasteiger partial charge in [0.05, 0.1) is 83.6 Å². The SMILES string of the molecule is C#CCCCON(C(=O)[C@@H](NC(=O)[C@H]1CCCCN1C)[C@@H](C)CC)[C@H](C[C@@H](OC(C)=O)c1nc(C(=O)N[C@@H](Cc2ccc(NC(=O)OCc3ccc(NC(=O)[C@H](CCCNC(N)=O)NC(=O)[C@@H](NC(=O)[C@H](CCC(=O)O)NC(=O)CCOCCOCCOCCOCCNC(=O)OCC4C5CCC#CCCC54)C(C)C)cc3)cc2)CC(C)(C)C(=O)O)cs1)C(C)C. The molecule has 1 aliphatic heterocycles. The number of hydrogen-bond acceptors (Lipinski definition) is 24. The fourth-order valence-electron chi connectivity index (χ4n) is 14.6. The van der Waals surface area contributed by atoms with E-state index in [0.29, 0.717) is 93.2 Å². The Bertz CT molecular complexity index is 4110. The van der Waals surface area contributed by atoms with Crippen molar-refractivity contribution >= 4 is 100 Å². The number of hydrogen-bond donors (Lipinski definition) is 12. The first-order chi connectivity index (χ1) is 60.2. The fourth-order valence-corrected chi connectivity index (χ4v) is 15.4. The van der Waals surface area contributed by atoms with E-state index in [1.54, 1.807) is 50.2 Å². The van der Waals surface area contributed by atoms with Gasteiger partial charge in [-0.05, 0) is 163 Å². The van der Waals surface area contributed by atoms with Gasteiger partial charge in [-0.1, -0.05) is 78.6 Å². The molecule has 37 heteroatoms. The molecule has 11 amide bonds. The van der Waals surface area contributed by atoms with Crippen LogP contribution < -0.4 is 53.6 Å². The summed E-state index contributed by atoms with van der Waals surface area (Å²) in [4.78, 5) is 185. The van der Waals surface area contributed by atoms with Crippen LogP contribution in [0.3, 0.4) is 0 Å². The number of likely N-dealkylation sites (N-methyl/N-ethyl adjacent to an activating group) is 1. The maximum Gasteiger partial charge on any atom is 0.411 e. The molecular formula is C89H131N13O23S. The first-order valence-electron chi connectivity index (χ1n) is 43.5. The number of carboxylic acid groups (broad SMARTS) is 2. The summed E-state index contributed by atoms with van der Waals surface area (Å²) < 4.78 is 39.0. The van der Waals surface area contributed by atoms with Gasteiger partial charge in [0.2, 0.25) is 29.5 Å². The van der Waals surface area contributed by atoms with Gasteiger partial charge in [-0.3, -0.25) is 63.0 Å². The average Bonchev–Trinajstić information content (AvgIpc) is 1.61. The number of piperidine rings is 1. The summed E-state index contributed by atoms with van der Waals surface area (Å²) >= 11 is 1.05. The molecule has 3 aromatic rings. The quantitative estimate of drug-likeness (QED) is 0.00838.